The van der Waals surface area contributed by atoms with Crippen LogP contribution in [0.5, 0.6) is 11.5 Å². The van der Waals surface area contributed by atoms with Gasteiger partial charge in [0, 0.05) is 78.0 Å². The molecule has 0 radical (unpaired) electrons. The first-order chi connectivity index (χ1) is 37.2. The van der Waals surface area contributed by atoms with Crippen molar-refractivity contribution in [1.29, 1.82) is 0 Å². The smallest absolute Gasteiger partial charge is 0.135 e. The third kappa shape index (κ3) is 9.21. The number of nitrogens with zero attached hydrogens (tertiary/aromatic N) is 4. The van der Waals surface area contributed by atoms with Crippen molar-refractivity contribution in [1.82, 2.24) is 9.55 Å². The maximum Gasteiger partial charge on any atom is 0.135 e. The van der Waals surface area contributed by atoms with Crippen molar-refractivity contribution in [3.05, 3.63) is 273 Å². The van der Waals surface area contributed by atoms with Gasteiger partial charge in [-0.1, -0.05) is 225 Å². The van der Waals surface area contributed by atoms with Gasteiger partial charge in [0.1, 0.15) is 5.82 Å². The molecule has 0 N–H and O–H groups in total. The van der Waals surface area contributed by atoms with Gasteiger partial charge in [0.05, 0.1) is 0 Å². The molecule has 10 aromatic carbocycles. The van der Waals surface area contributed by atoms with E-state index in [1.54, 1.807) is 0 Å². The average molecular weight is 1170 g/mol. The topological polar surface area (TPSA) is 33.5 Å². The van der Waals surface area contributed by atoms with E-state index in [0.717, 1.165) is 112 Å². The summed E-state index contributed by atoms with van der Waals surface area (Å²) in [5, 5.41) is 2.15. The number of rotatable bonds is 10. The summed E-state index contributed by atoms with van der Waals surface area (Å²) < 4.78 is 9.38. The number of fused-ring (bicyclic) bond motifs is 4. The van der Waals surface area contributed by atoms with Gasteiger partial charge < -0.3 is 19.1 Å². The molecule has 0 unspecified atom stereocenters. The van der Waals surface area contributed by atoms with E-state index in [-0.39, 0.29) is 26.5 Å². The second-order valence-electron chi connectivity index (χ2n) is 20.5. The van der Waals surface area contributed by atoms with Gasteiger partial charge in [0.15, 0.2) is 0 Å². The van der Waals surface area contributed by atoms with Gasteiger partial charge in [0.25, 0.3) is 0 Å². The van der Waals surface area contributed by atoms with Gasteiger partial charge in [0.2, 0.25) is 0 Å². The molecule has 1 aliphatic heterocycles. The van der Waals surface area contributed by atoms with Crippen molar-refractivity contribution in [2.24, 2.45) is 0 Å². The zero-order valence-electron chi connectivity index (χ0n) is 43.2. The van der Waals surface area contributed by atoms with Crippen LogP contribution in [0.4, 0.5) is 22.7 Å². The van der Waals surface area contributed by atoms with Crippen molar-refractivity contribution >= 4 is 44.6 Å². The van der Waals surface area contributed by atoms with E-state index in [0.29, 0.717) is 11.5 Å². The van der Waals surface area contributed by atoms with Gasteiger partial charge in [-0.15, -0.1) is 42.0 Å². The molecule has 0 fully saturated rings. The maximum absolute atomic E-state index is 7.14. The summed E-state index contributed by atoms with van der Waals surface area (Å²) in [6, 6.07) is 91.3. The Labute approximate surface area is 465 Å². The Bertz CT molecular complexity index is 4040. The van der Waals surface area contributed by atoms with Crippen LogP contribution in [0.2, 0.25) is 0 Å². The van der Waals surface area contributed by atoms with Crippen molar-refractivity contribution in [3.63, 3.8) is 0 Å². The standard InChI is InChI=1S/C71H53N4O.Pt/c1-48-41-69(72-46-63(48)53-35-38-55(39-36-53)71(2,3)4)75-64-40-37-54(49-21-9-5-10-22-49)42-61(64)62-44-60(52-27-15-8-16-28-52)68(45-67(62)75)76-57-30-19-29-56(43-57)73-47-74(66-34-18-17-33-65(66)73)70-58(50-23-11-6-12-24-50)31-20-32-59(70)51-25-13-7-14-26-51;/h5-42,44,46-47H,1-4H3;/q-3;. The molecule has 1 aliphatic rings. The summed E-state index contributed by atoms with van der Waals surface area (Å²) in [6.07, 6.45) is 2.01. The third-order valence-electron chi connectivity index (χ3n) is 14.7. The van der Waals surface area contributed by atoms with E-state index >= 15 is 0 Å². The number of benzene rings is 10. The minimum atomic E-state index is 0. The molecule has 0 bridgehead atoms. The minimum Gasteiger partial charge on any atom is -0.509 e. The summed E-state index contributed by atoms with van der Waals surface area (Å²) in [7, 11) is 0. The second-order valence-corrected chi connectivity index (χ2v) is 20.5. The largest absolute Gasteiger partial charge is 0.509 e. The number of pyridine rings is 1. The van der Waals surface area contributed by atoms with E-state index in [1.165, 1.54) is 5.56 Å². The first-order valence-electron chi connectivity index (χ1n) is 25.9. The van der Waals surface area contributed by atoms with Crippen molar-refractivity contribution < 1.29 is 25.8 Å². The summed E-state index contributed by atoms with van der Waals surface area (Å²) >= 11 is 0. The third-order valence-corrected chi connectivity index (χ3v) is 14.7. The van der Waals surface area contributed by atoms with Crippen LogP contribution in [0.1, 0.15) is 31.9 Å². The predicted octanol–water partition coefficient (Wildman–Crippen LogP) is 18.9. The van der Waals surface area contributed by atoms with Crippen LogP contribution >= 0.6 is 0 Å². The molecule has 77 heavy (non-hydrogen) atoms. The Morgan fingerprint density at radius 1 is 0.468 bits per heavy atom. The van der Waals surface area contributed by atoms with Crippen LogP contribution in [0, 0.1) is 25.7 Å². The number of aromatic nitrogens is 2. The quantitative estimate of drug-likeness (QED) is 0.128. The fourth-order valence-electron chi connectivity index (χ4n) is 10.8. The van der Waals surface area contributed by atoms with E-state index in [4.69, 9.17) is 9.72 Å². The molecule has 0 spiro atoms. The average Bonchev–Trinajstić information content (AvgIpc) is 4.08. The van der Waals surface area contributed by atoms with Crippen LogP contribution < -0.4 is 14.5 Å². The van der Waals surface area contributed by atoms with Crippen molar-refractivity contribution in [2.75, 3.05) is 9.80 Å². The Morgan fingerprint density at radius 3 is 1.62 bits per heavy atom. The summed E-state index contributed by atoms with van der Waals surface area (Å²) in [5.41, 5.74) is 19.5. The van der Waals surface area contributed by atoms with Crippen LogP contribution in [0.3, 0.4) is 0 Å². The zero-order chi connectivity index (χ0) is 51.3. The normalized spacial score (nSPS) is 12.2. The monoisotopic (exact) mass is 1170 g/mol. The maximum atomic E-state index is 7.14. The first-order valence-corrected chi connectivity index (χ1v) is 25.9. The zero-order valence-corrected chi connectivity index (χ0v) is 45.5. The van der Waals surface area contributed by atoms with E-state index in [1.807, 2.05) is 24.4 Å². The van der Waals surface area contributed by atoms with Gasteiger partial charge in [-0.25, -0.2) is 4.98 Å². The summed E-state index contributed by atoms with van der Waals surface area (Å²) in [4.78, 5) is 9.77. The Hall–Kier alpha value is -8.76. The minimum absolute atomic E-state index is 0. The molecule has 0 aliphatic carbocycles. The number of ether oxygens (including phenoxy) is 1. The number of aryl methyl sites for hydroxylation is 1. The number of hydrogen-bond donors (Lipinski definition) is 0. The van der Waals surface area contributed by atoms with E-state index in [9.17, 15) is 0 Å². The number of hydrogen-bond acceptors (Lipinski definition) is 4. The Morgan fingerprint density at radius 2 is 1.01 bits per heavy atom. The number of para-hydroxylation sites is 3. The fourth-order valence-corrected chi connectivity index (χ4v) is 10.8. The van der Waals surface area contributed by atoms with E-state index in [2.05, 4.69) is 279 Å². The molecular weight excluding hydrogens is 1120 g/mol. The van der Waals surface area contributed by atoms with Gasteiger partial charge in [-0.2, -0.15) is 12.1 Å². The molecule has 376 valence electrons. The number of anilines is 4. The second kappa shape index (κ2) is 20.4. The van der Waals surface area contributed by atoms with Crippen LogP contribution in [0.15, 0.2) is 243 Å². The van der Waals surface area contributed by atoms with Crippen LogP contribution in [-0.2, 0) is 26.5 Å². The van der Waals surface area contributed by atoms with Gasteiger partial charge >= 0.3 is 0 Å². The van der Waals surface area contributed by atoms with E-state index < -0.39 is 0 Å². The SMILES string of the molecule is Cc1cc(-n2c3[c-]c(Oc4[c-]c(N5[CH-]N(c6c(-c7ccccc7)cccc6-c6ccccc6)c6ccccc65)ccc4)c(-c4ccccc4)cc3c3cc(-c4ccccc4)ccc32)ncc1-c1ccc(C(C)(C)C)cc1.[Pt]. The molecule has 0 saturated carbocycles. The van der Waals surface area contributed by atoms with Crippen LogP contribution in [0.25, 0.3) is 83.3 Å². The summed E-state index contributed by atoms with van der Waals surface area (Å²) in [5.74, 6) is 1.96. The summed E-state index contributed by atoms with van der Waals surface area (Å²) in [6.45, 7) is 11.1. The first kappa shape index (κ1) is 49.1. The predicted molar refractivity (Wildman–Crippen MR) is 315 cm³/mol. The van der Waals surface area contributed by atoms with Gasteiger partial charge in [-0.05, 0) is 80.9 Å². The molecule has 13 rings (SSSR count). The molecule has 6 heteroatoms. The van der Waals surface area contributed by atoms with Crippen LogP contribution in [-0.4, -0.2) is 9.55 Å². The Balaban J connectivity index is 0.00000596. The fraction of sp³-hybridized carbons (Fsp3) is 0.0704. The molecular formula is C71H53N4OPt-3. The van der Waals surface area contributed by atoms with Gasteiger partial charge in [-0.3, -0.25) is 0 Å². The molecule has 5 nitrogen and oxygen atoms in total. The van der Waals surface area contributed by atoms with Crippen molar-refractivity contribution in [3.8, 4) is 73.0 Å². The van der Waals surface area contributed by atoms with Crippen molar-refractivity contribution in [2.45, 2.75) is 33.1 Å². The molecule has 0 atom stereocenters. The molecule has 3 heterocycles. The Kier molecular flexibility index (Phi) is 13.0. The molecule has 0 saturated heterocycles. The molecule has 12 aromatic rings. The molecule has 0 amide bonds. The molecule has 2 aromatic heterocycles.